The molecule has 3 aliphatic rings. The first-order valence-electron chi connectivity index (χ1n) is 6.78. The summed E-state index contributed by atoms with van der Waals surface area (Å²) in [4.78, 5) is 11.6. The van der Waals surface area contributed by atoms with Gasteiger partial charge in [0, 0.05) is 16.9 Å². The van der Waals surface area contributed by atoms with Gasteiger partial charge in [0.2, 0.25) is 0 Å². The van der Waals surface area contributed by atoms with Crippen molar-refractivity contribution >= 4 is 5.97 Å². The summed E-state index contributed by atoms with van der Waals surface area (Å²) in [5.41, 5.74) is 1.03. The van der Waals surface area contributed by atoms with Crippen LogP contribution >= 0.6 is 0 Å². The van der Waals surface area contributed by atoms with E-state index in [2.05, 4.69) is 13.2 Å². The van der Waals surface area contributed by atoms with E-state index in [4.69, 9.17) is 4.74 Å². The van der Waals surface area contributed by atoms with Gasteiger partial charge in [0.1, 0.15) is 6.10 Å². The molecule has 0 aromatic carbocycles. The highest BCUT2D eigenvalue weighted by Crippen LogP contribution is 2.56. The summed E-state index contributed by atoms with van der Waals surface area (Å²) in [7, 11) is 0. The zero-order valence-corrected chi connectivity index (χ0v) is 11.1. The van der Waals surface area contributed by atoms with Crippen molar-refractivity contribution in [3.05, 3.63) is 24.3 Å². The number of ether oxygens (including phenoxy) is 1. The van der Waals surface area contributed by atoms with Crippen LogP contribution in [0.2, 0.25) is 0 Å². The van der Waals surface area contributed by atoms with Gasteiger partial charge < -0.3 is 14.9 Å². The lowest BCUT2D eigenvalue weighted by atomic mass is 9.54. The van der Waals surface area contributed by atoms with Crippen LogP contribution in [0.5, 0.6) is 0 Å². The van der Waals surface area contributed by atoms with Crippen molar-refractivity contribution < 1.29 is 19.7 Å². The highest BCUT2D eigenvalue weighted by Gasteiger charge is 2.57. The Labute approximate surface area is 112 Å². The van der Waals surface area contributed by atoms with E-state index in [1.54, 1.807) is 0 Å². The molecule has 0 unspecified atom stereocenters. The second-order valence-electron chi connectivity index (χ2n) is 6.45. The van der Waals surface area contributed by atoms with Gasteiger partial charge in [-0.3, -0.25) is 0 Å². The molecular weight excluding hydrogens is 244 g/mol. The van der Waals surface area contributed by atoms with Crippen LogP contribution in [0.4, 0.5) is 0 Å². The molecule has 4 heteroatoms. The first kappa shape index (κ1) is 12.9. The normalized spacial score (nSPS) is 49.6. The Kier molecular flexibility index (Phi) is 2.67. The molecule has 1 aliphatic heterocycles. The van der Waals surface area contributed by atoms with E-state index >= 15 is 0 Å². The van der Waals surface area contributed by atoms with Crippen LogP contribution in [0, 0.1) is 17.3 Å². The van der Waals surface area contributed by atoms with Gasteiger partial charge in [-0.1, -0.05) is 25.7 Å². The van der Waals surface area contributed by atoms with E-state index in [0.717, 1.165) is 12.0 Å². The molecule has 2 saturated carbocycles. The predicted octanol–water partition coefficient (Wildman–Crippen LogP) is 1.18. The maximum absolute atomic E-state index is 11.6. The second-order valence-corrected chi connectivity index (χ2v) is 6.45. The maximum atomic E-state index is 11.6. The summed E-state index contributed by atoms with van der Waals surface area (Å²) in [6.07, 6.45) is -0.0604. The smallest absolute Gasteiger partial charge is 0.334 e. The van der Waals surface area contributed by atoms with Crippen molar-refractivity contribution in [2.24, 2.45) is 17.3 Å². The summed E-state index contributed by atoms with van der Waals surface area (Å²) in [6, 6.07) is 0. The van der Waals surface area contributed by atoms with E-state index in [9.17, 15) is 15.0 Å². The van der Waals surface area contributed by atoms with Gasteiger partial charge in [-0.05, 0) is 25.2 Å². The highest BCUT2D eigenvalue weighted by molar-refractivity contribution is 5.90. The maximum Gasteiger partial charge on any atom is 0.334 e. The van der Waals surface area contributed by atoms with Gasteiger partial charge in [0.15, 0.2) is 0 Å². The van der Waals surface area contributed by atoms with Crippen LogP contribution in [0.15, 0.2) is 24.3 Å². The molecule has 0 aromatic rings. The third-order valence-corrected chi connectivity index (χ3v) is 5.35. The van der Waals surface area contributed by atoms with Crippen LogP contribution in [0.1, 0.15) is 26.2 Å². The predicted molar refractivity (Wildman–Crippen MR) is 69.1 cm³/mol. The number of carbonyl (C=O) groups is 1. The molecule has 3 rings (SSSR count). The molecule has 0 spiro atoms. The zero-order valence-electron chi connectivity index (χ0n) is 11.1. The molecule has 0 radical (unpaired) electrons. The lowest BCUT2D eigenvalue weighted by molar-refractivity contribution is -0.154. The molecule has 0 aromatic heterocycles. The lowest BCUT2D eigenvalue weighted by Gasteiger charge is -2.53. The number of hydrogen-bond donors (Lipinski definition) is 2. The van der Waals surface area contributed by atoms with Gasteiger partial charge in [-0.2, -0.15) is 0 Å². The third kappa shape index (κ3) is 1.63. The molecule has 1 saturated heterocycles. The number of hydrogen-bond acceptors (Lipinski definition) is 4. The van der Waals surface area contributed by atoms with Crippen molar-refractivity contribution in [3.63, 3.8) is 0 Å². The molecular formula is C15H20O4. The van der Waals surface area contributed by atoms with Crippen molar-refractivity contribution in [2.45, 2.75) is 44.5 Å². The van der Waals surface area contributed by atoms with Crippen molar-refractivity contribution in [1.29, 1.82) is 0 Å². The minimum Gasteiger partial charge on any atom is -0.458 e. The van der Waals surface area contributed by atoms with Crippen molar-refractivity contribution in [3.8, 4) is 0 Å². The van der Waals surface area contributed by atoms with E-state index in [0.29, 0.717) is 18.4 Å². The molecule has 0 amide bonds. The van der Waals surface area contributed by atoms with E-state index in [1.807, 2.05) is 6.92 Å². The summed E-state index contributed by atoms with van der Waals surface area (Å²) in [6.45, 7) is 9.84. The van der Waals surface area contributed by atoms with Gasteiger partial charge in [-0.15, -0.1) is 0 Å². The monoisotopic (exact) mass is 264 g/mol. The van der Waals surface area contributed by atoms with Gasteiger partial charge in [0.25, 0.3) is 0 Å². The van der Waals surface area contributed by atoms with Crippen LogP contribution in [-0.2, 0) is 9.53 Å². The number of rotatable bonds is 0. The fourth-order valence-corrected chi connectivity index (χ4v) is 4.17. The molecule has 0 bridgehead atoms. The summed E-state index contributed by atoms with van der Waals surface area (Å²) in [5, 5.41) is 20.3. The lowest BCUT2D eigenvalue weighted by Crippen LogP contribution is -2.55. The number of carbonyl (C=O) groups excluding carboxylic acids is 1. The van der Waals surface area contributed by atoms with Crippen LogP contribution in [0.3, 0.4) is 0 Å². The number of aliphatic hydroxyl groups is 2. The fourth-order valence-electron chi connectivity index (χ4n) is 4.17. The highest BCUT2D eigenvalue weighted by atomic mass is 16.6. The number of aliphatic hydroxyl groups excluding tert-OH is 2. The van der Waals surface area contributed by atoms with Crippen molar-refractivity contribution in [2.75, 3.05) is 0 Å². The van der Waals surface area contributed by atoms with E-state index in [-0.39, 0.29) is 23.9 Å². The van der Waals surface area contributed by atoms with Gasteiger partial charge in [-0.25, -0.2) is 4.79 Å². The van der Waals surface area contributed by atoms with Crippen LogP contribution in [0.25, 0.3) is 0 Å². The summed E-state index contributed by atoms with van der Waals surface area (Å²) >= 11 is 0. The Bertz CT molecular complexity index is 469. The Morgan fingerprint density at radius 3 is 2.74 bits per heavy atom. The zero-order chi connectivity index (χ0) is 13.9. The molecule has 2 aliphatic carbocycles. The largest absolute Gasteiger partial charge is 0.458 e. The Morgan fingerprint density at radius 2 is 2.05 bits per heavy atom. The second kappa shape index (κ2) is 3.93. The topological polar surface area (TPSA) is 66.8 Å². The minimum absolute atomic E-state index is 0.0322. The molecule has 1 heterocycles. The Morgan fingerprint density at radius 1 is 1.37 bits per heavy atom. The summed E-state index contributed by atoms with van der Waals surface area (Å²) < 4.78 is 5.35. The first-order chi connectivity index (χ1) is 8.84. The molecule has 2 N–H and O–H groups in total. The third-order valence-electron chi connectivity index (χ3n) is 5.35. The molecule has 3 fully saturated rings. The minimum atomic E-state index is -0.795. The van der Waals surface area contributed by atoms with Crippen molar-refractivity contribution in [1.82, 2.24) is 0 Å². The van der Waals surface area contributed by atoms with Gasteiger partial charge >= 0.3 is 5.97 Å². The molecule has 4 nitrogen and oxygen atoms in total. The fraction of sp³-hybridized carbons (Fsp3) is 0.667. The van der Waals surface area contributed by atoms with E-state index < -0.39 is 17.6 Å². The Hall–Kier alpha value is -1.13. The SMILES string of the molecule is C=C1C(=O)O[C@@H]2C[C@@]3(C)[C@H](O)[C@@H](O)CC(=C)[C@@H]3C[C@H]12. The van der Waals surface area contributed by atoms with Crippen LogP contribution in [-0.4, -0.2) is 34.5 Å². The molecule has 6 atom stereocenters. The molecule has 19 heavy (non-hydrogen) atoms. The van der Waals surface area contributed by atoms with E-state index in [1.165, 1.54) is 0 Å². The Balaban J connectivity index is 1.95. The first-order valence-corrected chi connectivity index (χ1v) is 6.78. The average molecular weight is 264 g/mol. The number of esters is 1. The van der Waals surface area contributed by atoms with Crippen LogP contribution < -0.4 is 0 Å². The average Bonchev–Trinajstić information content (AvgIpc) is 2.60. The standard InChI is InChI=1S/C15H20O4/c1-7-4-11(16)13(17)15(3)6-12-9(5-10(7)15)8(2)14(18)19-12/h9-13,16-17H,1-2,4-6H2,3H3/t9-,10+,11+,12-,13-,15-/m1/s1. The number of fused-ring (bicyclic) bond motifs is 2. The quantitative estimate of drug-likeness (QED) is 0.392. The molecule has 104 valence electrons. The summed E-state index contributed by atoms with van der Waals surface area (Å²) in [5.74, 6) is -0.180. The van der Waals surface area contributed by atoms with Gasteiger partial charge in [0.05, 0.1) is 12.2 Å².